The zero-order valence-corrected chi connectivity index (χ0v) is 11.4. The van der Waals surface area contributed by atoms with Crippen LogP contribution in [-0.4, -0.2) is 10.7 Å². The molecule has 0 radical (unpaired) electrons. The van der Waals surface area contributed by atoms with E-state index in [2.05, 4.69) is 31.7 Å². The molecule has 19 heavy (non-hydrogen) atoms. The zero-order chi connectivity index (χ0) is 13.4. The highest BCUT2D eigenvalue weighted by atomic mass is 16.3. The van der Waals surface area contributed by atoms with E-state index in [1.54, 1.807) is 0 Å². The number of nitrogens with two attached hydrogens (primary N) is 1. The van der Waals surface area contributed by atoms with Gasteiger partial charge in [0.1, 0.15) is 0 Å². The quantitative estimate of drug-likeness (QED) is 0.700. The molecular formula is C17H21NO. The molecule has 1 aromatic rings. The van der Waals surface area contributed by atoms with Gasteiger partial charge in [0.2, 0.25) is 0 Å². The molecule has 2 fully saturated rings. The van der Waals surface area contributed by atoms with Gasteiger partial charge in [-0.1, -0.05) is 24.8 Å². The predicted octanol–water partition coefficient (Wildman–Crippen LogP) is 2.95. The molecule has 1 unspecified atom stereocenters. The van der Waals surface area contributed by atoms with Crippen molar-refractivity contribution >= 4 is 0 Å². The van der Waals surface area contributed by atoms with Crippen LogP contribution in [0.15, 0.2) is 30.4 Å². The smallest absolute Gasteiger partial charge is 0.0860 e. The van der Waals surface area contributed by atoms with Crippen molar-refractivity contribution in [2.24, 2.45) is 11.1 Å². The van der Waals surface area contributed by atoms with E-state index in [4.69, 9.17) is 5.73 Å². The Morgan fingerprint density at radius 2 is 2.21 bits per heavy atom. The van der Waals surface area contributed by atoms with Crippen molar-refractivity contribution in [1.29, 1.82) is 0 Å². The van der Waals surface area contributed by atoms with E-state index >= 15 is 0 Å². The molecule has 2 nitrogen and oxygen atoms in total. The van der Waals surface area contributed by atoms with Crippen molar-refractivity contribution in [3.05, 3.63) is 47.0 Å². The lowest BCUT2D eigenvalue weighted by molar-refractivity contribution is 0.00676. The average molecular weight is 255 g/mol. The van der Waals surface area contributed by atoms with E-state index in [1.807, 2.05) is 0 Å². The molecule has 3 aliphatic rings. The first-order valence-electron chi connectivity index (χ1n) is 7.24. The number of rotatable bonds is 0. The largest absolute Gasteiger partial charge is 0.386 e. The van der Waals surface area contributed by atoms with Crippen molar-refractivity contribution in [3.63, 3.8) is 0 Å². The second kappa shape index (κ2) is 3.31. The fraction of sp³-hybridized carbons (Fsp3) is 0.529. The van der Waals surface area contributed by atoms with Crippen LogP contribution >= 0.6 is 0 Å². The SMILES string of the molecule is C=C1C[C@]23CC1(O)CC[C@H]2c1cccc(C)c1[C@@H]3N. The Morgan fingerprint density at radius 1 is 1.42 bits per heavy atom. The van der Waals surface area contributed by atoms with Gasteiger partial charge in [-0.25, -0.2) is 0 Å². The van der Waals surface area contributed by atoms with Crippen molar-refractivity contribution in [3.8, 4) is 0 Å². The van der Waals surface area contributed by atoms with Gasteiger partial charge in [-0.3, -0.25) is 0 Å². The highest BCUT2D eigenvalue weighted by Gasteiger charge is 2.63. The number of benzene rings is 1. The lowest BCUT2D eigenvalue weighted by atomic mass is 9.65. The van der Waals surface area contributed by atoms with Crippen LogP contribution in [0.4, 0.5) is 0 Å². The molecular weight excluding hydrogens is 234 g/mol. The molecule has 4 rings (SSSR count). The standard InChI is InChI=1S/C17H21NO/c1-10-4-3-5-12-13-6-7-17(19)9-16(13,8-11(17)2)15(18)14(10)12/h3-5,13,15,19H,2,6-9,18H2,1H3/t13-,15-,16-,17?/m0/s1. The topological polar surface area (TPSA) is 46.2 Å². The Morgan fingerprint density at radius 3 is 3.00 bits per heavy atom. The van der Waals surface area contributed by atoms with Gasteiger partial charge in [-0.05, 0) is 60.8 Å². The first-order chi connectivity index (χ1) is 8.98. The molecule has 4 atom stereocenters. The minimum atomic E-state index is -0.649. The van der Waals surface area contributed by atoms with Crippen LogP contribution in [0.2, 0.25) is 0 Å². The third kappa shape index (κ3) is 1.20. The second-order valence-electron chi connectivity index (χ2n) is 6.87. The van der Waals surface area contributed by atoms with Gasteiger partial charge in [0, 0.05) is 11.5 Å². The number of aryl methyl sites for hydroxylation is 1. The van der Waals surface area contributed by atoms with Gasteiger partial charge in [-0.2, -0.15) is 0 Å². The van der Waals surface area contributed by atoms with E-state index in [0.29, 0.717) is 5.92 Å². The van der Waals surface area contributed by atoms with Crippen molar-refractivity contribution < 1.29 is 5.11 Å². The number of hydrogen-bond acceptors (Lipinski definition) is 2. The van der Waals surface area contributed by atoms with Gasteiger partial charge < -0.3 is 10.8 Å². The number of aliphatic hydroxyl groups is 1. The lowest BCUT2D eigenvalue weighted by Gasteiger charge is -2.41. The summed E-state index contributed by atoms with van der Waals surface area (Å²) in [6.07, 6.45) is 3.58. The first-order valence-corrected chi connectivity index (χ1v) is 7.24. The fourth-order valence-electron chi connectivity index (χ4n) is 5.10. The van der Waals surface area contributed by atoms with Crippen LogP contribution in [0, 0.1) is 12.3 Å². The molecule has 0 amide bonds. The minimum absolute atomic E-state index is 0.0263. The maximum absolute atomic E-state index is 10.7. The van der Waals surface area contributed by atoms with Crippen LogP contribution in [0.3, 0.4) is 0 Å². The lowest BCUT2D eigenvalue weighted by Crippen LogP contribution is -2.40. The van der Waals surface area contributed by atoms with Crippen molar-refractivity contribution in [2.45, 2.75) is 50.2 Å². The molecule has 2 saturated carbocycles. The molecule has 1 aromatic carbocycles. The second-order valence-corrected chi connectivity index (χ2v) is 6.87. The van der Waals surface area contributed by atoms with E-state index in [0.717, 1.165) is 31.3 Å². The van der Waals surface area contributed by atoms with Gasteiger partial charge in [-0.15, -0.1) is 0 Å². The summed E-state index contributed by atoms with van der Waals surface area (Å²) in [6.45, 7) is 6.29. The molecule has 100 valence electrons. The predicted molar refractivity (Wildman–Crippen MR) is 75.8 cm³/mol. The van der Waals surface area contributed by atoms with Gasteiger partial charge in [0.25, 0.3) is 0 Å². The highest BCUT2D eigenvalue weighted by molar-refractivity contribution is 5.50. The monoisotopic (exact) mass is 255 g/mol. The summed E-state index contributed by atoms with van der Waals surface area (Å²) in [7, 11) is 0. The molecule has 3 aliphatic carbocycles. The van der Waals surface area contributed by atoms with Crippen molar-refractivity contribution in [2.75, 3.05) is 0 Å². The molecule has 0 aliphatic heterocycles. The summed E-state index contributed by atoms with van der Waals surface area (Å²) in [5.41, 5.74) is 11.1. The van der Waals surface area contributed by atoms with E-state index in [-0.39, 0.29) is 11.5 Å². The van der Waals surface area contributed by atoms with Gasteiger partial charge in [0.15, 0.2) is 0 Å². The molecule has 0 heterocycles. The maximum Gasteiger partial charge on any atom is 0.0860 e. The summed E-state index contributed by atoms with van der Waals surface area (Å²) >= 11 is 0. The van der Waals surface area contributed by atoms with Crippen LogP contribution in [0.5, 0.6) is 0 Å². The molecule has 3 N–H and O–H groups in total. The van der Waals surface area contributed by atoms with Crippen molar-refractivity contribution in [1.82, 2.24) is 0 Å². The Balaban J connectivity index is 1.93. The van der Waals surface area contributed by atoms with E-state index in [9.17, 15) is 5.11 Å². The molecule has 0 aromatic heterocycles. The van der Waals surface area contributed by atoms with Gasteiger partial charge in [0.05, 0.1) is 5.60 Å². The minimum Gasteiger partial charge on any atom is -0.386 e. The molecule has 1 spiro atoms. The maximum atomic E-state index is 10.7. The summed E-state index contributed by atoms with van der Waals surface area (Å²) in [5.74, 6) is 0.511. The van der Waals surface area contributed by atoms with E-state index in [1.165, 1.54) is 16.7 Å². The van der Waals surface area contributed by atoms with E-state index < -0.39 is 5.60 Å². The summed E-state index contributed by atoms with van der Waals surface area (Å²) < 4.78 is 0. The zero-order valence-electron chi connectivity index (χ0n) is 11.4. The third-order valence-electron chi connectivity index (χ3n) is 6.03. The average Bonchev–Trinajstić information content (AvgIpc) is 2.71. The number of hydrogen-bond donors (Lipinski definition) is 2. The summed E-state index contributed by atoms with van der Waals surface area (Å²) in [4.78, 5) is 0. The normalized spacial score (nSPS) is 43.2. The van der Waals surface area contributed by atoms with Crippen LogP contribution in [0.25, 0.3) is 0 Å². The highest BCUT2D eigenvalue weighted by Crippen LogP contribution is 2.69. The third-order valence-corrected chi connectivity index (χ3v) is 6.03. The van der Waals surface area contributed by atoms with Crippen LogP contribution in [-0.2, 0) is 0 Å². The first kappa shape index (κ1) is 11.7. The van der Waals surface area contributed by atoms with Crippen LogP contribution < -0.4 is 5.73 Å². The summed E-state index contributed by atoms with van der Waals surface area (Å²) in [6, 6.07) is 6.60. The van der Waals surface area contributed by atoms with Gasteiger partial charge >= 0.3 is 0 Å². The Bertz CT molecular complexity index is 593. The Kier molecular flexibility index (Phi) is 2.03. The molecule has 0 saturated heterocycles. The fourth-order valence-corrected chi connectivity index (χ4v) is 5.10. The Labute approximate surface area is 114 Å². The summed E-state index contributed by atoms with van der Waals surface area (Å²) in [5, 5.41) is 10.7. The molecule has 2 heteroatoms. The number of fused-ring (bicyclic) bond motifs is 3. The van der Waals surface area contributed by atoms with Crippen LogP contribution in [0.1, 0.15) is 54.3 Å². The Hall–Kier alpha value is -1.12. The molecule has 2 bridgehead atoms.